The van der Waals surface area contributed by atoms with Crippen molar-refractivity contribution in [2.45, 2.75) is 12.8 Å². The highest BCUT2D eigenvalue weighted by Gasteiger charge is 2.24. The molecule has 2 aromatic heterocycles. The first-order chi connectivity index (χ1) is 18.6. The third-order valence-electron chi connectivity index (χ3n) is 6.60. The highest BCUT2D eigenvalue weighted by Crippen LogP contribution is 2.37. The van der Waals surface area contributed by atoms with E-state index in [4.69, 9.17) is 11.2 Å². The van der Waals surface area contributed by atoms with Gasteiger partial charge in [0.15, 0.2) is 0 Å². The summed E-state index contributed by atoms with van der Waals surface area (Å²) in [7, 11) is 0. The number of terminal acetylenes is 1. The normalized spacial score (nSPS) is 15.4. The Labute approximate surface area is 221 Å². The fourth-order valence-corrected chi connectivity index (χ4v) is 4.64. The summed E-state index contributed by atoms with van der Waals surface area (Å²) in [5.74, 6) is 2.97. The number of carbonyl (C=O) groups excluding carboxylic acids is 2. The van der Waals surface area contributed by atoms with Gasteiger partial charge in [-0.2, -0.15) is 0 Å². The van der Waals surface area contributed by atoms with Crippen molar-refractivity contribution in [3.8, 4) is 12.3 Å². The van der Waals surface area contributed by atoms with Crippen LogP contribution in [0.3, 0.4) is 0 Å². The first-order valence-electron chi connectivity index (χ1n) is 12.7. The van der Waals surface area contributed by atoms with Gasteiger partial charge in [-0.15, -0.1) is 6.42 Å². The molecule has 3 aromatic rings. The number of benzene rings is 1. The average Bonchev–Trinajstić information content (AvgIpc) is 3.37. The number of rotatable bonds is 8. The Morgan fingerprint density at radius 1 is 1.08 bits per heavy atom. The van der Waals surface area contributed by atoms with E-state index in [2.05, 4.69) is 41.3 Å². The first kappa shape index (κ1) is 25.3. The molecular formula is C28H29N7O3. The standard InChI is InChI=1S/C28H29N7O3/c1-2-20-4-5-21-8-11-35(24(21)16-20)28-22-17-25(30-18-23(22)31-19-32-28)33-27(37)7-6-26(36)29-9-3-10-34-12-14-38-15-13-34/h1,4-7,16-19H,3,8-15H2,(H,29,36)(H,30,33,37)/b7-6+. The lowest BCUT2D eigenvalue weighted by atomic mass is 10.1. The predicted octanol–water partition coefficient (Wildman–Crippen LogP) is 2.03. The second-order valence-electron chi connectivity index (χ2n) is 9.09. The van der Waals surface area contributed by atoms with E-state index in [0.717, 1.165) is 68.9 Å². The van der Waals surface area contributed by atoms with Crippen LogP contribution in [0.2, 0.25) is 0 Å². The van der Waals surface area contributed by atoms with E-state index in [9.17, 15) is 9.59 Å². The Morgan fingerprint density at radius 2 is 1.92 bits per heavy atom. The minimum Gasteiger partial charge on any atom is -0.379 e. The van der Waals surface area contributed by atoms with E-state index in [1.807, 2.05) is 18.2 Å². The molecule has 0 unspecified atom stereocenters. The van der Waals surface area contributed by atoms with Crippen molar-refractivity contribution in [3.05, 3.63) is 60.1 Å². The lowest BCUT2D eigenvalue weighted by Crippen LogP contribution is -2.38. The number of nitrogens with zero attached hydrogens (tertiary/aromatic N) is 5. The van der Waals surface area contributed by atoms with Crippen LogP contribution >= 0.6 is 0 Å². The van der Waals surface area contributed by atoms with Gasteiger partial charge in [0.1, 0.15) is 18.0 Å². The molecule has 38 heavy (non-hydrogen) atoms. The van der Waals surface area contributed by atoms with Crippen LogP contribution in [0.25, 0.3) is 10.9 Å². The molecule has 2 amide bonds. The molecule has 2 aliphatic rings. The second kappa shape index (κ2) is 11.8. The highest BCUT2D eigenvalue weighted by molar-refractivity contribution is 6.04. The monoisotopic (exact) mass is 511 g/mol. The average molecular weight is 512 g/mol. The zero-order chi connectivity index (χ0) is 26.3. The second-order valence-corrected chi connectivity index (χ2v) is 9.09. The largest absolute Gasteiger partial charge is 0.379 e. The SMILES string of the molecule is C#Cc1ccc2c(c1)N(c1ncnc3cnc(NC(=O)/C=C/C(=O)NCCCN4CCOCC4)cc13)CC2. The molecule has 2 aliphatic heterocycles. The van der Waals surface area contributed by atoms with Crippen molar-refractivity contribution in [3.63, 3.8) is 0 Å². The fourth-order valence-electron chi connectivity index (χ4n) is 4.64. The van der Waals surface area contributed by atoms with Crippen LogP contribution in [0, 0.1) is 12.3 Å². The smallest absolute Gasteiger partial charge is 0.249 e. The maximum absolute atomic E-state index is 12.5. The summed E-state index contributed by atoms with van der Waals surface area (Å²) < 4.78 is 5.33. The molecule has 1 aromatic carbocycles. The van der Waals surface area contributed by atoms with Crippen molar-refractivity contribution < 1.29 is 14.3 Å². The van der Waals surface area contributed by atoms with Crippen LogP contribution in [0.1, 0.15) is 17.5 Å². The molecule has 2 N–H and O–H groups in total. The molecule has 0 bridgehead atoms. The molecule has 1 saturated heterocycles. The van der Waals surface area contributed by atoms with E-state index in [1.54, 1.807) is 12.3 Å². The summed E-state index contributed by atoms with van der Waals surface area (Å²) >= 11 is 0. The number of pyridine rings is 1. The molecule has 10 heteroatoms. The summed E-state index contributed by atoms with van der Waals surface area (Å²) in [5, 5.41) is 6.27. The van der Waals surface area contributed by atoms with E-state index in [-0.39, 0.29) is 5.91 Å². The minimum absolute atomic E-state index is 0.316. The molecule has 0 spiro atoms. The van der Waals surface area contributed by atoms with Gasteiger partial charge >= 0.3 is 0 Å². The molecule has 0 radical (unpaired) electrons. The molecule has 4 heterocycles. The zero-order valence-electron chi connectivity index (χ0n) is 21.0. The van der Waals surface area contributed by atoms with Crippen molar-refractivity contribution in [2.75, 3.05) is 56.2 Å². The fraction of sp³-hybridized carbons (Fsp3) is 0.321. The van der Waals surface area contributed by atoms with Crippen molar-refractivity contribution in [2.24, 2.45) is 0 Å². The predicted molar refractivity (Wildman–Crippen MR) is 145 cm³/mol. The number of hydrogen-bond donors (Lipinski definition) is 2. The maximum Gasteiger partial charge on any atom is 0.249 e. The van der Waals surface area contributed by atoms with E-state index >= 15 is 0 Å². The number of ether oxygens (including phenoxy) is 1. The zero-order valence-corrected chi connectivity index (χ0v) is 21.0. The topological polar surface area (TPSA) is 113 Å². The summed E-state index contributed by atoms with van der Waals surface area (Å²) in [4.78, 5) is 42.1. The molecule has 1 fully saturated rings. The van der Waals surface area contributed by atoms with Crippen LogP contribution < -0.4 is 15.5 Å². The van der Waals surface area contributed by atoms with Crippen LogP contribution in [0.4, 0.5) is 17.3 Å². The van der Waals surface area contributed by atoms with Gasteiger partial charge in [0.25, 0.3) is 0 Å². The summed E-state index contributed by atoms with van der Waals surface area (Å²) in [6.45, 7) is 5.55. The van der Waals surface area contributed by atoms with Crippen molar-refractivity contribution in [1.82, 2.24) is 25.2 Å². The molecule has 0 saturated carbocycles. The number of aromatic nitrogens is 3. The lowest BCUT2D eigenvalue weighted by molar-refractivity contribution is -0.117. The van der Waals surface area contributed by atoms with Gasteiger partial charge in [-0.3, -0.25) is 14.5 Å². The van der Waals surface area contributed by atoms with Gasteiger partial charge in [0.2, 0.25) is 11.8 Å². The Bertz CT molecular complexity index is 1410. The van der Waals surface area contributed by atoms with E-state index < -0.39 is 5.91 Å². The summed E-state index contributed by atoms with van der Waals surface area (Å²) in [6, 6.07) is 7.72. The number of amides is 2. The Morgan fingerprint density at radius 3 is 2.76 bits per heavy atom. The van der Waals surface area contributed by atoms with Crippen molar-refractivity contribution in [1.29, 1.82) is 0 Å². The van der Waals surface area contributed by atoms with Gasteiger partial charge in [0, 0.05) is 55.0 Å². The van der Waals surface area contributed by atoms with Crippen LogP contribution in [0.15, 0.2) is 48.9 Å². The Hall–Kier alpha value is -4.33. The highest BCUT2D eigenvalue weighted by atomic mass is 16.5. The van der Waals surface area contributed by atoms with Gasteiger partial charge < -0.3 is 20.3 Å². The molecule has 194 valence electrons. The van der Waals surface area contributed by atoms with Crippen LogP contribution in [0.5, 0.6) is 0 Å². The molecule has 5 rings (SSSR count). The number of carbonyl (C=O) groups is 2. The Kier molecular flexibility index (Phi) is 7.87. The summed E-state index contributed by atoms with van der Waals surface area (Å²) in [6.07, 6.45) is 12.8. The number of nitrogens with one attached hydrogen (secondary N) is 2. The van der Waals surface area contributed by atoms with Gasteiger partial charge in [-0.05, 0) is 43.1 Å². The number of anilines is 3. The third kappa shape index (κ3) is 5.96. The molecular weight excluding hydrogens is 482 g/mol. The van der Waals surface area contributed by atoms with E-state index in [0.29, 0.717) is 23.7 Å². The number of morpholine rings is 1. The van der Waals surface area contributed by atoms with Crippen molar-refractivity contribution >= 4 is 40.0 Å². The third-order valence-corrected chi connectivity index (χ3v) is 6.60. The van der Waals surface area contributed by atoms with E-state index in [1.165, 1.54) is 24.0 Å². The molecule has 0 atom stereocenters. The first-order valence-corrected chi connectivity index (χ1v) is 12.7. The summed E-state index contributed by atoms with van der Waals surface area (Å²) in [5.41, 5.74) is 3.67. The van der Waals surface area contributed by atoms with Crippen LogP contribution in [-0.2, 0) is 20.7 Å². The molecule has 10 nitrogen and oxygen atoms in total. The van der Waals surface area contributed by atoms with Crippen LogP contribution in [-0.4, -0.2) is 77.6 Å². The van der Waals surface area contributed by atoms with Gasteiger partial charge in [-0.1, -0.05) is 12.0 Å². The Balaban J connectivity index is 1.21. The number of fused-ring (bicyclic) bond motifs is 2. The minimum atomic E-state index is -0.455. The lowest BCUT2D eigenvalue weighted by Gasteiger charge is -2.26. The quantitative estimate of drug-likeness (QED) is 0.268. The van der Waals surface area contributed by atoms with Gasteiger partial charge in [-0.25, -0.2) is 15.0 Å². The molecule has 0 aliphatic carbocycles. The number of hydrogen-bond acceptors (Lipinski definition) is 8. The maximum atomic E-state index is 12.5. The van der Waals surface area contributed by atoms with Gasteiger partial charge in [0.05, 0.1) is 24.9 Å².